The number of hydrogen-bond donors (Lipinski definition) is 2. The van der Waals surface area contributed by atoms with Crippen LogP contribution in [-0.2, 0) is 4.74 Å². The molecule has 23 heavy (non-hydrogen) atoms. The summed E-state index contributed by atoms with van der Waals surface area (Å²) in [6.07, 6.45) is 1.14. The van der Waals surface area contributed by atoms with Gasteiger partial charge in [-0.2, -0.15) is 0 Å². The highest BCUT2D eigenvalue weighted by molar-refractivity contribution is 7.16. The number of pyridine rings is 1. The molecule has 2 N–H and O–H groups in total. The Morgan fingerprint density at radius 1 is 1.30 bits per heavy atom. The largest absolute Gasteiger partial charge is 0.444 e. The van der Waals surface area contributed by atoms with Gasteiger partial charge >= 0.3 is 6.09 Å². The second-order valence-corrected chi connectivity index (χ2v) is 7.81. The van der Waals surface area contributed by atoms with Crippen LogP contribution in [0.25, 0.3) is 0 Å². The molecule has 1 amide bonds. The van der Waals surface area contributed by atoms with Gasteiger partial charge in [0.15, 0.2) is 0 Å². The number of carbonyl (C=O) groups is 1. The molecule has 0 aliphatic carbocycles. The van der Waals surface area contributed by atoms with Crippen molar-refractivity contribution in [1.82, 2.24) is 4.98 Å². The Kier molecular flexibility index (Phi) is 5.49. The van der Waals surface area contributed by atoms with Crippen molar-refractivity contribution in [2.24, 2.45) is 0 Å². The molecular weight excluding hydrogens is 334 g/mol. The summed E-state index contributed by atoms with van der Waals surface area (Å²) < 4.78 is 5.95. The van der Waals surface area contributed by atoms with E-state index in [9.17, 15) is 4.79 Å². The standard InChI is InChI=1S/C16H20ClN3O2S/c1-10(12-6-7-13(17)23-12)19-11-5-8-14(18-9-11)20-15(21)22-16(2,3)4/h5-10,19H,1-4H3,(H,18,20,21). The van der Waals surface area contributed by atoms with E-state index in [1.165, 1.54) is 0 Å². The molecule has 0 saturated carbocycles. The fourth-order valence-corrected chi connectivity index (χ4v) is 2.91. The number of nitrogens with zero attached hydrogens (tertiary/aromatic N) is 1. The Balaban J connectivity index is 1.93. The Morgan fingerprint density at radius 2 is 2.04 bits per heavy atom. The summed E-state index contributed by atoms with van der Waals surface area (Å²) in [5.41, 5.74) is 0.319. The van der Waals surface area contributed by atoms with Crippen molar-refractivity contribution in [2.75, 3.05) is 10.6 Å². The van der Waals surface area contributed by atoms with Gasteiger partial charge in [0.2, 0.25) is 0 Å². The molecule has 5 nitrogen and oxygen atoms in total. The summed E-state index contributed by atoms with van der Waals surface area (Å²) in [6.45, 7) is 7.48. The van der Waals surface area contributed by atoms with E-state index in [1.54, 1.807) is 23.6 Å². The fraction of sp³-hybridized carbons (Fsp3) is 0.375. The number of rotatable bonds is 4. The first-order valence-corrected chi connectivity index (χ1v) is 8.40. The number of nitrogens with one attached hydrogen (secondary N) is 2. The van der Waals surface area contributed by atoms with E-state index in [0.717, 1.165) is 14.9 Å². The van der Waals surface area contributed by atoms with E-state index in [2.05, 4.69) is 22.5 Å². The van der Waals surface area contributed by atoms with Crippen LogP contribution in [0, 0.1) is 0 Å². The van der Waals surface area contributed by atoms with Crippen LogP contribution in [-0.4, -0.2) is 16.7 Å². The highest BCUT2D eigenvalue weighted by Gasteiger charge is 2.16. The van der Waals surface area contributed by atoms with Gasteiger partial charge < -0.3 is 10.1 Å². The number of halogens is 1. The number of hydrogen-bond acceptors (Lipinski definition) is 5. The van der Waals surface area contributed by atoms with Crippen LogP contribution in [0.5, 0.6) is 0 Å². The summed E-state index contributed by atoms with van der Waals surface area (Å²) in [7, 11) is 0. The number of ether oxygens (including phenoxy) is 1. The van der Waals surface area contributed by atoms with Crippen molar-refractivity contribution >= 4 is 40.5 Å². The van der Waals surface area contributed by atoms with Crippen LogP contribution in [0.4, 0.5) is 16.3 Å². The first-order chi connectivity index (χ1) is 10.7. The van der Waals surface area contributed by atoms with Gasteiger partial charge in [0.1, 0.15) is 11.4 Å². The minimum Gasteiger partial charge on any atom is -0.444 e. The number of thiophene rings is 1. The lowest BCUT2D eigenvalue weighted by Crippen LogP contribution is -2.27. The number of aromatic nitrogens is 1. The van der Waals surface area contributed by atoms with E-state index in [4.69, 9.17) is 16.3 Å². The summed E-state index contributed by atoms with van der Waals surface area (Å²) >= 11 is 7.49. The molecule has 1 atom stereocenters. The molecular formula is C16H20ClN3O2S. The summed E-state index contributed by atoms with van der Waals surface area (Å²) in [5.74, 6) is 0.441. The van der Waals surface area contributed by atoms with E-state index >= 15 is 0 Å². The maximum absolute atomic E-state index is 11.7. The van der Waals surface area contributed by atoms with Crippen LogP contribution in [0.1, 0.15) is 38.6 Å². The maximum atomic E-state index is 11.7. The van der Waals surface area contributed by atoms with Crippen LogP contribution in [0.3, 0.4) is 0 Å². The molecule has 0 aliphatic rings. The van der Waals surface area contributed by atoms with Gasteiger partial charge in [0.05, 0.1) is 22.3 Å². The Hall–Kier alpha value is -1.79. The van der Waals surface area contributed by atoms with Gasteiger partial charge in [0.25, 0.3) is 0 Å². The van der Waals surface area contributed by atoms with Crippen molar-refractivity contribution in [3.05, 3.63) is 39.7 Å². The van der Waals surface area contributed by atoms with Crippen molar-refractivity contribution < 1.29 is 9.53 Å². The topological polar surface area (TPSA) is 63.2 Å². The smallest absolute Gasteiger partial charge is 0.413 e. The Labute approximate surface area is 145 Å². The van der Waals surface area contributed by atoms with Gasteiger partial charge in [0, 0.05) is 4.88 Å². The first kappa shape index (κ1) is 17.6. The monoisotopic (exact) mass is 353 g/mol. The van der Waals surface area contributed by atoms with E-state index < -0.39 is 11.7 Å². The van der Waals surface area contributed by atoms with Gasteiger partial charge in [-0.3, -0.25) is 5.32 Å². The maximum Gasteiger partial charge on any atom is 0.413 e. The number of amides is 1. The second-order valence-electron chi connectivity index (χ2n) is 6.07. The Bertz CT molecular complexity index is 665. The van der Waals surface area contributed by atoms with E-state index in [1.807, 2.05) is 39.0 Å². The predicted molar refractivity (Wildman–Crippen MR) is 95.5 cm³/mol. The van der Waals surface area contributed by atoms with Crippen LogP contribution in [0.2, 0.25) is 4.34 Å². The Morgan fingerprint density at radius 3 is 2.57 bits per heavy atom. The summed E-state index contributed by atoms with van der Waals surface area (Å²) in [4.78, 5) is 17.0. The van der Waals surface area contributed by atoms with Crippen molar-refractivity contribution in [2.45, 2.75) is 39.3 Å². The van der Waals surface area contributed by atoms with Crippen molar-refractivity contribution in [3.63, 3.8) is 0 Å². The van der Waals surface area contributed by atoms with E-state index in [-0.39, 0.29) is 6.04 Å². The average Bonchev–Trinajstić information content (AvgIpc) is 2.85. The van der Waals surface area contributed by atoms with Crippen molar-refractivity contribution in [3.8, 4) is 0 Å². The number of carbonyl (C=O) groups excluding carboxylic acids is 1. The lowest BCUT2D eigenvalue weighted by atomic mass is 10.2. The third-order valence-corrected chi connectivity index (χ3v) is 4.21. The number of anilines is 2. The molecule has 2 aromatic rings. The third kappa shape index (κ3) is 5.73. The molecule has 2 heterocycles. The highest BCUT2D eigenvalue weighted by atomic mass is 35.5. The quantitative estimate of drug-likeness (QED) is 0.781. The van der Waals surface area contributed by atoms with Gasteiger partial charge in [-0.1, -0.05) is 11.6 Å². The second kappa shape index (κ2) is 7.19. The molecule has 0 radical (unpaired) electrons. The molecule has 7 heteroatoms. The first-order valence-electron chi connectivity index (χ1n) is 7.21. The van der Waals surface area contributed by atoms with Gasteiger partial charge in [-0.05, 0) is 52.0 Å². The molecule has 0 spiro atoms. The molecule has 0 aromatic carbocycles. The minimum absolute atomic E-state index is 0.124. The normalized spacial score (nSPS) is 12.6. The average molecular weight is 354 g/mol. The third-order valence-electron chi connectivity index (χ3n) is 2.80. The lowest BCUT2D eigenvalue weighted by Gasteiger charge is -2.19. The zero-order valence-corrected chi connectivity index (χ0v) is 15.1. The molecule has 124 valence electrons. The molecule has 0 aliphatic heterocycles. The van der Waals surface area contributed by atoms with Crippen molar-refractivity contribution in [1.29, 1.82) is 0 Å². The van der Waals surface area contributed by atoms with Gasteiger partial charge in [-0.25, -0.2) is 9.78 Å². The lowest BCUT2D eigenvalue weighted by molar-refractivity contribution is 0.0635. The molecule has 0 fully saturated rings. The van der Waals surface area contributed by atoms with E-state index in [0.29, 0.717) is 5.82 Å². The molecule has 0 saturated heterocycles. The van der Waals surface area contributed by atoms with Crippen LogP contribution < -0.4 is 10.6 Å². The zero-order valence-electron chi connectivity index (χ0n) is 13.5. The molecule has 1 unspecified atom stereocenters. The summed E-state index contributed by atoms with van der Waals surface area (Å²) in [6, 6.07) is 7.58. The molecule has 2 aromatic heterocycles. The van der Waals surface area contributed by atoms with Crippen LogP contribution >= 0.6 is 22.9 Å². The fourth-order valence-electron chi connectivity index (χ4n) is 1.84. The zero-order chi connectivity index (χ0) is 17.0. The minimum atomic E-state index is -0.539. The summed E-state index contributed by atoms with van der Waals surface area (Å²) in [5, 5.41) is 5.93. The van der Waals surface area contributed by atoms with Crippen LogP contribution in [0.15, 0.2) is 30.5 Å². The predicted octanol–water partition coefficient (Wildman–Crippen LogP) is 5.32. The van der Waals surface area contributed by atoms with Gasteiger partial charge in [-0.15, -0.1) is 11.3 Å². The molecule has 2 rings (SSSR count). The SMILES string of the molecule is CC(Nc1ccc(NC(=O)OC(C)(C)C)nc1)c1ccc(Cl)s1. The highest BCUT2D eigenvalue weighted by Crippen LogP contribution is 2.28. The molecule has 0 bridgehead atoms.